The maximum atomic E-state index is 13.9. The van der Waals surface area contributed by atoms with Crippen LogP contribution in [0.25, 0.3) is 22.8 Å². The lowest BCUT2D eigenvalue weighted by atomic mass is 9.79. The van der Waals surface area contributed by atoms with Crippen molar-refractivity contribution in [2.24, 2.45) is 0 Å². The second-order valence-electron chi connectivity index (χ2n) is 8.50. The van der Waals surface area contributed by atoms with Gasteiger partial charge in [-0.05, 0) is 30.2 Å². The fraction of sp³-hybridized carbons (Fsp3) is 0.292. The lowest BCUT2D eigenvalue weighted by molar-refractivity contribution is -0.0467. The molecule has 0 unspecified atom stereocenters. The Morgan fingerprint density at radius 3 is 2.38 bits per heavy atom. The number of aryl methyl sites for hydroxylation is 1. The summed E-state index contributed by atoms with van der Waals surface area (Å²) in [5.41, 5.74) is 2.80. The minimum absolute atomic E-state index is 0.389. The summed E-state index contributed by atoms with van der Waals surface area (Å²) in [6.45, 7) is 6.62. The average Bonchev–Trinajstić information content (AvgIpc) is 3.36. The van der Waals surface area contributed by atoms with E-state index in [-0.39, 0.29) is 0 Å². The van der Waals surface area contributed by atoms with Gasteiger partial charge in [0.2, 0.25) is 5.82 Å². The highest BCUT2D eigenvalue weighted by molar-refractivity contribution is 6.29. The molecule has 0 aliphatic rings. The topological polar surface area (TPSA) is 56.7 Å². The van der Waals surface area contributed by atoms with Crippen LogP contribution in [0.5, 0.6) is 0 Å². The fourth-order valence-corrected chi connectivity index (χ4v) is 3.46. The SMILES string of the molecule is Cc1cc(-c2nc(-c3ccc(C(C)(C)C(C)(F)F)cc3)no2)cn1Cc1ccc(Cl)nc1. The molecular formula is C24H23ClF2N4O. The van der Waals surface area contributed by atoms with Crippen molar-refractivity contribution in [2.75, 3.05) is 0 Å². The number of hydrogen-bond acceptors (Lipinski definition) is 4. The van der Waals surface area contributed by atoms with Gasteiger partial charge in [0, 0.05) is 37.1 Å². The van der Waals surface area contributed by atoms with Crippen LogP contribution in [0.3, 0.4) is 0 Å². The average molecular weight is 457 g/mol. The van der Waals surface area contributed by atoms with Crippen molar-refractivity contribution in [3.8, 4) is 22.8 Å². The molecule has 0 saturated heterocycles. The number of aromatic nitrogens is 4. The van der Waals surface area contributed by atoms with E-state index in [0.717, 1.165) is 23.7 Å². The Kier molecular flexibility index (Phi) is 5.63. The van der Waals surface area contributed by atoms with Gasteiger partial charge in [-0.1, -0.05) is 60.9 Å². The van der Waals surface area contributed by atoms with E-state index in [1.807, 2.05) is 25.3 Å². The lowest BCUT2D eigenvalue weighted by Crippen LogP contribution is -2.37. The number of hydrogen-bond donors (Lipinski definition) is 0. The van der Waals surface area contributed by atoms with E-state index < -0.39 is 11.3 Å². The first-order valence-electron chi connectivity index (χ1n) is 10.1. The van der Waals surface area contributed by atoms with Gasteiger partial charge in [-0.25, -0.2) is 13.8 Å². The lowest BCUT2D eigenvalue weighted by Gasteiger charge is -2.31. The Balaban J connectivity index is 1.55. The summed E-state index contributed by atoms with van der Waals surface area (Å²) in [5.74, 6) is -2.05. The fourth-order valence-electron chi connectivity index (χ4n) is 3.35. The van der Waals surface area contributed by atoms with Crippen LogP contribution in [0.15, 0.2) is 59.4 Å². The maximum Gasteiger partial charge on any atom is 0.259 e. The third kappa shape index (κ3) is 4.30. The molecule has 32 heavy (non-hydrogen) atoms. The number of pyridine rings is 1. The van der Waals surface area contributed by atoms with E-state index in [4.69, 9.17) is 16.1 Å². The first-order valence-corrected chi connectivity index (χ1v) is 10.5. The maximum absolute atomic E-state index is 13.9. The minimum Gasteiger partial charge on any atom is -0.346 e. The monoisotopic (exact) mass is 456 g/mol. The van der Waals surface area contributed by atoms with Gasteiger partial charge in [-0.3, -0.25) is 0 Å². The van der Waals surface area contributed by atoms with Crippen molar-refractivity contribution < 1.29 is 13.3 Å². The number of nitrogens with zero attached hydrogens (tertiary/aromatic N) is 4. The standard InChI is InChI=1S/C24H23ClF2N4O/c1-15-11-18(14-31(15)13-16-5-10-20(25)28-12-16)22-29-21(30-32-22)17-6-8-19(9-7-17)23(2,3)24(4,26)27/h5-12,14H,13H2,1-4H3. The van der Waals surface area contributed by atoms with E-state index >= 15 is 0 Å². The quantitative estimate of drug-likeness (QED) is 0.309. The summed E-state index contributed by atoms with van der Waals surface area (Å²) in [5, 5.41) is 4.52. The summed E-state index contributed by atoms with van der Waals surface area (Å²) >= 11 is 5.85. The molecule has 0 aliphatic heterocycles. The molecular weight excluding hydrogens is 434 g/mol. The van der Waals surface area contributed by atoms with Gasteiger partial charge in [0.15, 0.2) is 0 Å². The first-order chi connectivity index (χ1) is 15.0. The third-order valence-corrected chi connectivity index (χ3v) is 6.11. The van der Waals surface area contributed by atoms with Gasteiger partial charge < -0.3 is 9.09 Å². The highest BCUT2D eigenvalue weighted by atomic mass is 35.5. The van der Waals surface area contributed by atoms with Gasteiger partial charge in [0.1, 0.15) is 5.15 Å². The Labute approximate surface area is 190 Å². The van der Waals surface area contributed by atoms with Crippen LogP contribution >= 0.6 is 11.6 Å². The summed E-state index contributed by atoms with van der Waals surface area (Å²) in [4.78, 5) is 8.61. The largest absolute Gasteiger partial charge is 0.346 e. The molecule has 1 aromatic carbocycles. The molecule has 0 aliphatic carbocycles. The smallest absolute Gasteiger partial charge is 0.259 e. The number of benzene rings is 1. The second-order valence-corrected chi connectivity index (χ2v) is 8.89. The summed E-state index contributed by atoms with van der Waals surface area (Å²) in [7, 11) is 0. The molecule has 5 nitrogen and oxygen atoms in total. The summed E-state index contributed by atoms with van der Waals surface area (Å²) in [6, 6.07) is 12.5. The molecule has 166 valence electrons. The van der Waals surface area contributed by atoms with Crippen LogP contribution in [-0.2, 0) is 12.0 Å². The Hall–Kier alpha value is -3.06. The van der Waals surface area contributed by atoms with E-state index in [1.54, 1.807) is 36.5 Å². The van der Waals surface area contributed by atoms with Crippen molar-refractivity contribution in [1.29, 1.82) is 0 Å². The van der Waals surface area contributed by atoms with Crippen LogP contribution < -0.4 is 0 Å². The van der Waals surface area contributed by atoms with Crippen molar-refractivity contribution in [2.45, 2.75) is 45.6 Å². The van der Waals surface area contributed by atoms with Crippen molar-refractivity contribution in [1.82, 2.24) is 19.7 Å². The minimum atomic E-state index is -2.85. The number of alkyl halides is 2. The molecule has 0 fully saturated rings. The molecule has 0 radical (unpaired) electrons. The normalized spacial score (nSPS) is 12.3. The highest BCUT2D eigenvalue weighted by Gasteiger charge is 2.43. The number of halogens is 3. The zero-order valence-electron chi connectivity index (χ0n) is 18.2. The molecule has 0 amide bonds. The van der Waals surface area contributed by atoms with E-state index in [0.29, 0.717) is 34.5 Å². The van der Waals surface area contributed by atoms with E-state index in [9.17, 15) is 8.78 Å². The van der Waals surface area contributed by atoms with Gasteiger partial charge in [0.05, 0.1) is 11.0 Å². The van der Waals surface area contributed by atoms with Crippen molar-refractivity contribution >= 4 is 11.6 Å². The Morgan fingerprint density at radius 1 is 1.03 bits per heavy atom. The van der Waals surface area contributed by atoms with Crippen LogP contribution in [0.2, 0.25) is 5.15 Å². The molecule has 4 aromatic rings. The van der Waals surface area contributed by atoms with Crippen LogP contribution in [0, 0.1) is 6.92 Å². The molecule has 0 N–H and O–H groups in total. The second kappa shape index (κ2) is 8.13. The molecule has 0 saturated carbocycles. The highest BCUT2D eigenvalue weighted by Crippen LogP contribution is 2.39. The molecule has 8 heteroatoms. The molecule has 4 rings (SSSR count). The van der Waals surface area contributed by atoms with Crippen LogP contribution in [0.4, 0.5) is 8.78 Å². The van der Waals surface area contributed by atoms with Crippen molar-refractivity contribution in [3.05, 3.63) is 76.8 Å². The Morgan fingerprint density at radius 2 is 1.75 bits per heavy atom. The molecule has 0 atom stereocenters. The van der Waals surface area contributed by atoms with Gasteiger partial charge in [-0.2, -0.15) is 4.98 Å². The first kappa shape index (κ1) is 22.1. The predicted octanol–water partition coefficient (Wildman–Crippen LogP) is 6.54. The van der Waals surface area contributed by atoms with E-state index in [1.165, 1.54) is 13.8 Å². The predicted molar refractivity (Wildman–Crippen MR) is 120 cm³/mol. The number of rotatable bonds is 6. The van der Waals surface area contributed by atoms with Crippen LogP contribution in [0.1, 0.15) is 37.6 Å². The van der Waals surface area contributed by atoms with E-state index in [2.05, 4.69) is 19.7 Å². The molecule has 0 spiro atoms. The summed E-state index contributed by atoms with van der Waals surface area (Å²) in [6.07, 6.45) is 3.68. The molecule has 0 bridgehead atoms. The summed E-state index contributed by atoms with van der Waals surface area (Å²) < 4.78 is 35.4. The molecule has 3 heterocycles. The van der Waals surface area contributed by atoms with Gasteiger partial charge in [-0.15, -0.1) is 0 Å². The molecule has 3 aromatic heterocycles. The zero-order chi connectivity index (χ0) is 23.1. The van der Waals surface area contributed by atoms with Crippen molar-refractivity contribution in [3.63, 3.8) is 0 Å². The Bertz CT molecular complexity index is 1220. The third-order valence-electron chi connectivity index (χ3n) is 5.89. The van der Waals surface area contributed by atoms with Crippen LogP contribution in [-0.4, -0.2) is 25.6 Å². The van der Waals surface area contributed by atoms with Gasteiger partial charge in [0.25, 0.3) is 11.8 Å². The zero-order valence-corrected chi connectivity index (χ0v) is 19.0. The van der Waals surface area contributed by atoms with Gasteiger partial charge >= 0.3 is 0 Å².